The molecule has 0 N–H and O–H groups in total. The Hall–Kier alpha value is -2.94. The van der Waals surface area contributed by atoms with Crippen LogP contribution < -0.4 is 0 Å². The number of benzene rings is 2. The molecule has 20 heavy (non-hydrogen) atoms. The molecule has 0 saturated carbocycles. The summed E-state index contributed by atoms with van der Waals surface area (Å²) in [5, 5.41) is 7.61. The first-order valence-electron chi connectivity index (χ1n) is 6.05. The van der Waals surface area contributed by atoms with Crippen molar-refractivity contribution >= 4 is 0 Å². The van der Waals surface area contributed by atoms with Crippen molar-refractivity contribution in [2.45, 2.75) is 12.1 Å². The van der Waals surface area contributed by atoms with Crippen molar-refractivity contribution in [3.63, 3.8) is 0 Å². The van der Waals surface area contributed by atoms with Crippen molar-refractivity contribution in [3.8, 4) is 0 Å². The van der Waals surface area contributed by atoms with Crippen molar-refractivity contribution in [3.05, 3.63) is 92.7 Å². The third-order valence-corrected chi connectivity index (χ3v) is 2.93. The van der Waals surface area contributed by atoms with Gasteiger partial charge in [0.25, 0.3) is 0 Å². The zero-order valence-corrected chi connectivity index (χ0v) is 10.6. The summed E-state index contributed by atoms with van der Waals surface area (Å²) < 4.78 is 0. The van der Waals surface area contributed by atoms with E-state index in [9.17, 15) is 0 Å². The lowest BCUT2D eigenvalue weighted by molar-refractivity contribution is 0.569. The second kappa shape index (κ2) is 6.85. The highest BCUT2D eigenvalue weighted by Gasteiger charge is 2.22. The third-order valence-electron chi connectivity index (χ3n) is 2.93. The Morgan fingerprint density at radius 3 is 1.30 bits per heavy atom. The van der Waals surface area contributed by atoms with E-state index in [0.29, 0.717) is 0 Å². The molecule has 98 valence electrons. The van der Waals surface area contributed by atoms with E-state index < -0.39 is 12.1 Å². The van der Waals surface area contributed by atoms with E-state index in [1.54, 1.807) is 0 Å². The molecular weight excluding hydrogens is 252 g/mol. The largest absolute Gasteiger partial charge is 0.0851 e. The summed E-state index contributed by atoms with van der Waals surface area (Å²) >= 11 is 0. The minimum atomic E-state index is -0.570. The van der Waals surface area contributed by atoms with Crippen LogP contribution in [-0.2, 0) is 0 Å². The van der Waals surface area contributed by atoms with Gasteiger partial charge in [0, 0.05) is 9.82 Å². The Bertz CT molecular complexity index is 582. The summed E-state index contributed by atoms with van der Waals surface area (Å²) in [6.45, 7) is 0. The molecule has 2 aromatic carbocycles. The van der Waals surface area contributed by atoms with Crippen molar-refractivity contribution in [2.75, 3.05) is 0 Å². The zero-order chi connectivity index (χ0) is 14.2. The smallest absolute Gasteiger partial charge is 0.0750 e. The molecular formula is C14H12N6. The van der Waals surface area contributed by atoms with Crippen LogP contribution in [0.15, 0.2) is 70.9 Å². The molecule has 6 nitrogen and oxygen atoms in total. The molecule has 0 radical (unpaired) electrons. The molecule has 0 unspecified atom stereocenters. The lowest BCUT2D eigenvalue weighted by Crippen LogP contribution is -2.06. The molecule has 0 saturated heterocycles. The summed E-state index contributed by atoms with van der Waals surface area (Å²) in [6, 6.07) is 17.4. The van der Waals surface area contributed by atoms with Crippen LogP contribution >= 0.6 is 0 Å². The van der Waals surface area contributed by atoms with E-state index in [0.717, 1.165) is 11.1 Å². The van der Waals surface area contributed by atoms with Gasteiger partial charge in [-0.2, -0.15) is 0 Å². The summed E-state index contributed by atoms with van der Waals surface area (Å²) in [5.74, 6) is 0. The molecule has 0 spiro atoms. The van der Waals surface area contributed by atoms with Crippen molar-refractivity contribution in [2.24, 2.45) is 10.2 Å². The average molecular weight is 264 g/mol. The second-order valence-electron chi connectivity index (χ2n) is 4.12. The number of azide groups is 2. The maximum Gasteiger partial charge on any atom is 0.0750 e. The van der Waals surface area contributed by atoms with Gasteiger partial charge in [0.1, 0.15) is 0 Å². The van der Waals surface area contributed by atoms with Crippen molar-refractivity contribution in [1.82, 2.24) is 0 Å². The Morgan fingerprint density at radius 2 is 1.00 bits per heavy atom. The normalized spacial score (nSPS) is 12.6. The third kappa shape index (κ3) is 3.09. The van der Waals surface area contributed by atoms with Crippen LogP contribution in [0.3, 0.4) is 0 Å². The lowest BCUT2D eigenvalue weighted by Gasteiger charge is -2.19. The van der Waals surface area contributed by atoms with Crippen molar-refractivity contribution in [1.29, 1.82) is 0 Å². The second-order valence-corrected chi connectivity index (χ2v) is 4.12. The van der Waals surface area contributed by atoms with E-state index in [1.807, 2.05) is 60.7 Å². The fraction of sp³-hybridized carbons (Fsp3) is 0.143. The molecule has 2 rings (SSSR count). The van der Waals surface area contributed by atoms with Crippen LogP contribution in [0.25, 0.3) is 20.9 Å². The van der Waals surface area contributed by atoms with Gasteiger partial charge in [0.2, 0.25) is 0 Å². The van der Waals surface area contributed by atoms with Crippen molar-refractivity contribution < 1.29 is 0 Å². The van der Waals surface area contributed by atoms with Gasteiger partial charge in [0.05, 0.1) is 12.1 Å². The first-order chi connectivity index (χ1) is 9.86. The molecule has 0 amide bonds. The Morgan fingerprint density at radius 1 is 0.650 bits per heavy atom. The lowest BCUT2D eigenvalue weighted by atomic mass is 9.95. The molecule has 0 aromatic heterocycles. The minimum absolute atomic E-state index is 0.570. The van der Waals surface area contributed by atoms with E-state index >= 15 is 0 Å². The topological polar surface area (TPSA) is 97.5 Å². The molecule has 2 atom stereocenters. The van der Waals surface area contributed by atoms with Gasteiger partial charge in [-0.3, -0.25) is 0 Å². The van der Waals surface area contributed by atoms with E-state index in [2.05, 4.69) is 20.1 Å². The predicted octanol–water partition coefficient (Wildman–Crippen LogP) is 5.09. The number of hydrogen-bond acceptors (Lipinski definition) is 2. The molecule has 0 aliphatic carbocycles. The molecule has 0 fully saturated rings. The highest BCUT2D eigenvalue weighted by Crippen LogP contribution is 2.35. The maximum absolute atomic E-state index is 8.79. The van der Waals surface area contributed by atoms with Crippen LogP contribution in [0.1, 0.15) is 23.2 Å². The standard InChI is InChI=1S/C14H12N6/c15-19-17-13(11-7-3-1-4-8-11)14(18-20-16)12-9-5-2-6-10-12/h1-10,13-14H/t13-,14-/m1/s1. The van der Waals surface area contributed by atoms with Gasteiger partial charge in [-0.15, -0.1) is 0 Å². The number of hydrogen-bond donors (Lipinski definition) is 0. The fourth-order valence-electron chi connectivity index (χ4n) is 2.04. The quantitative estimate of drug-likeness (QED) is 0.408. The molecule has 0 aliphatic heterocycles. The maximum atomic E-state index is 8.79. The summed E-state index contributed by atoms with van der Waals surface area (Å²) in [7, 11) is 0. The summed E-state index contributed by atoms with van der Waals surface area (Å²) in [4.78, 5) is 5.77. The van der Waals surface area contributed by atoms with E-state index in [4.69, 9.17) is 11.1 Å². The van der Waals surface area contributed by atoms with E-state index in [1.165, 1.54) is 0 Å². The highest BCUT2D eigenvalue weighted by molar-refractivity contribution is 5.27. The van der Waals surface area contributed by atoms with Gasteiger partial charge >= 0.3 is 0 Å². The molecule has 0 aliphatic rings. The van der Waals surface area contributed by atoms with Crippen LogP contribution in [0, 0.1) is 0 Å². The van der Waals surface area contributed by atoms with Gasteiger partial charge < -0.3 is 0 Å². The van der Waals surface area contributed by atoms with Gasteiger partial charge in [-0.05, 0) is 22.2 Å². The number of rotatable bonds is 5. The molecule has 2 aromatic rings. The van der Waals surface area contributed by atoms with Crippen LogP contribution in [0.4, 0.5) is 0 Å². The molecule has 0 heterocycles. The first kappa shape index (κ1) is 13.5. The molecule has 0 bridgehead atoms. The van der Waals surface area contributed by atoms with Gasteiger partial charge in [0.15, 0.2) is 0 Å². The van der Waals surface area contributed by atoms with Gasteiger partial charge in [-0.1, -0.05) is 70.9 Å². The zero-order valence-electron chi connectivity index (χ0n) is 10.6. The number of nitrogens with zero attached hydrogens (tertiary/aromatic N) is 6. The summed E-state index contributed by atoms with van der Waals surface area (Å²) in [6.07, 6.45) is 0. The monoisotopic (exact) mass is 264 g/mol. The van der Waals surface area contributed by atoms with Crippen LogP contribution in [0.2, 0.25) is 0 Å². The first-order valence-corrected chi connectivity index (χ1v) is 6.05. The van der Waals surface area contributed by atoms with Gasteiger partial charge in [-0.25, -0.2) is 0 Å². The summed E-state index contributed by atoms with van der Waals surface area (Å²) in [5.41, 5.74) is 19.2. The average Bonchev–Trinajstić information content (AvgIpc) is 2.52. The minimum Gasteiger partial charge on any atom is -0.0851 e. The SMILES string of the molecule is [N-]=[N+]=N[C@H](c1ccccc1)[C@H](N=[N+]=[N-])c1ccccc1. The Kier molecular flexibility index (Phi) is 4.62. The Labute approximate surface area is 115 Å². The molecule has 6 heteroatoms. The Balaban J connectivity index is 2.49. The van der Waals surface area contributed by atoms with Crippen LogP contribution in [0.5, 0.6) is 0 Å². The van der Waals surface area contributed by atoms with E-state index in [-0.39, 0.29) is 0 Å². The fourth-order valence-corrected chi connectivity index (χ4v) is 2.04. The van der Waals surface area contributed by atoms with Crippen LogP contribution in [-0.4, -0.2) is 0 Å². The highest BCUT2D eigenvalue weighted by atomic mass is 15.2. The predicted molar refractivity (Wildman–Crippen MR) is 76.7 cm³/mol.